The molecule has 2 aromatic carbocycles. The Bertz CT molecular complexity index is 1230. The summed E-state index contributed by atoms with van der Waals surface area (Å²) in [6.45, 7) is 6.85. The number of nitrogens with one attached hydrogen (secondary N) is 1. The Morgan fingerprint density at radius 2 is 2.09 bits per heavy atom. The number of carbonyl (C=O) groups excluding carboxylic acids is 1. The van der Waals surface area contributed by atoms with Crippen LogP contribution >= 0.6 is 23.5 Å². The van der Waals surface area contributed by atoms with Gasteiger partial charge in [-0.3, -0.25) is 9.69 Å². The third kappa shape index (κ3) is 4.32. The highest BCUT2D eigenvalue weighted by molar-refractivity contribution is 8.19. The van der Waals surface area contributed by atoms with Gasteiger partial charge < -0.3 is 15.0 Å². The van der Waals surface area contributed by atoms with Crippen LogP contribution in [0.2, 0.25) is 0 Å². The van der Waals surface area contributed by atoms with Gasteiger partial charge in [0.05, 0.1) is 40.8 Å². The molecule has 9 heteroatoms. The van der Waals surface area contributed by atoms with Gasteiger partial charge in [0.15, 0.2) is 5.17 Å². The number of amidine groups is 1. The third-order valence-electron chi connectivity index (χ3n) is 5.12. The van der Waals surface area contributed by atoms with Crippen LogP contribution in [-0.2, 0) is 4.79 Å². The summed E-state index contributed by atoms with van der Waals surface area (Å²) >= 11 is 2.89. The number of nitrogens with zero attached hydrogens (tertiary/aromatic N) is 4. The lowest BCUT2D eigenvalue weighted by molar-refractivity contribution is -0.121. The van der Waals surface area contributed by atoms with Crippen LogP contribution < -0.4 is 15.0 Å². The van der Waals surface area contributed by atoms with Gasteiger partial charge in [0.25, 0.3) is 5.91 Å². The van der Waals surface area contributed by atoms with Crippen LogP contribution in [0.3, 0.4) is 0 Å². The van der Waals surface area contributed by atoms with E-state index in [-0.39, 0.29) is 5.91 Å². The number of rotatable bonds is 6. The fourth-order valence-corrected chi connectivity index (χ4v) is 5.82. The van der Waals surface area contributed by atoms with Gasteiger partial charge in [0, 0.05) is 31.1 Å². The summed E-state index contributed by atoms with van der Waals surface area (Å²) in [5, 5.41) is 14.0. The molecule has 4 rings (SSSR count). The van der Waals surface area contributed by atoms with Gasteiger partial charge in [-0.2, -0.15) is 5.26 Å². The first-order chi connectivity index (χ1) is 16.0. The van der Waals surface area contributed by atoms with Gasteiger partial charge in [0.2, 0.25) is 0 Å². The number of hydrogen-bond donors (Lipinski definition) is 1. The monoisotopic (exact) mass is 477 g/mol. The van der Waals surface area contributed by atoms with Crippen molar-refractivity contribution >= 4 is 51.7 Å². The smallest absolute Gasteiger partial charge is 0.269 e. The molecule has 0 saturated carbocycles. The van der Waals surface area contributed by atoms with Gasteiger partial charge in [-0.05, 0) is 49.0 Å². The van der Waals surface area contributed by atoms with Crippen LogP contribution in [0.15, 0.2) is 68.9 Å². The van der Waals surface area contributed by atoms with Gasteiger partial charge in [0.1, 0.15) is 10.7 Å². The normalized spacial score (nSPS) is 18.5. The van der Waals surface area contributed by atoms with E-state index in [1.54, 1.807) is 42.0 Å². The molecule has 2 aliphatic heterocycles. The van der Waals surface area contributed by atoms with E-state index in [1.165, 1.54) is 11.8 Å². The Kier molecular flexibility index (Phi) is 6.67. The maximum Gasteiger partial charge on any atom is 0.269 e. The number of thioether (sulfide) groups is 2. The molecule has 1 fully saturated rings. The number of ether oxygens (including phenoxy) is 1. The minimum Gasteiger partial charge on any atom is -0.497 e. The highest BCUT2D eigenvalue weighted by atomic mass is 32.2. The number of anilines is 2. The summed E-state index contributed by atoms with van der Waals surface area (Å²) in [6.07, 6.45) is 1.68. The Morgan fingerprint density at radius 1 is 1.27 bits per heavy atom. The van der Waals surface area contributed by atoms with Crippen molar-refractivity contribution in [2.45, 2.75) is 11.8 Å². The number of benzene rings is 2. The number of nitriles is 1. The van der Waals surface area contributed by atoms with Crippen molar-refractivity contribution in [3.8, 4) is 11.8 Å². The second-order valence-corrected chi connectivity index (χ2v) is 9.21. The molecule has 2 aliphatic rings. The van der Waals surface area contributed by atoms with E-state index in [2.05, 4.69) is 18.0 Å². The third-order valence-corrected chi connectivity index (χ3v) is 7.55. The second-order valence-electron chi connectivity index (χ2n) is 7.20. The minimum absolute atomic E-state index is 0.116. The highest BCUT2D eigenvalue weighted by Gasteiger charge is 2.38. The van der Waals surface area contributed by atoms with Crippen molar-refractivity contribution in [2.75, 3.05) is 37.5 Å². The van der Waals surface area contributed by atoms with E-state index in [9.17, 15) is 10.1 Å². The largest absolute Gasteiger partial charge is 0.497 e. The zero-order chi connectivity index (χ0) is 23.5. The van der Waals surface area contributed by atoms with Crippen LogP contribution in [0.4, 0.5) is 17.1 Å². The molecule has 2 heterocycles. The molecular weight excluding hydrogens is 454 g/mol. The molecule has 0 atom stereocenters. The summed E-state index contributed by atoms with van der Waals surface area (Å²) in [5.41, 5.74) is 2.93. The van der Waals surface area contributed by atoms with Crippen molar-refractivity contribution in [3.05, 3.63) is 64.6 Å². The Labute approximate surface area is 201 Å². The van der Waals surface area contributed by atoms with Crippen molar-refractivity contribution in [1.82, 2.24) is 4.90 Å². The van der Waals surface area contributed by atoms with Crippen LogP contribution in [0, 0.1) is 11.3 Å². The summed E-state index contributed by atoms with van der Waals surface area (Å²) in [6, 6.07) is 13.3. The summed E-state index contributed by atoms with van der Waals surface area (Å²) in [7, 11) is 3.58. The number of methoxy groups -OCH3 is 1. The van der Waals surface area contributed by atoms with Crippen molar-refractivity contribution < 1.29 is 9.53 Å². The van der Waals surface area contributed by atoms with Crippen molar-refractivity contribution in [3.63, 3.8) is 0 Å². The van der Waals surface area contributed by atoms with Gasteiger partial charge in [-0.1, -0.05) is 17.8 Å². The van der Waals surface area contributed by atoms with Crippen molar-refractivity contribution in [2.24, 2.45) is 4.99 Å². The Morgan fingerprint density at radius 3 is 2.79 bits per heavy atom. The molecule has 2 aromatic rings. The molecule has 0 bridgehead atoms. The predicted octanol–water partition coefficient (Wildman–Crippen LogP) is 5.16. The molecule has 1 saturated heterocycles. The molecule has 0 spiro atoms. The van der Waals surface area contributed by atoms with E-state index in [1.807, 2.05) is 43.1 Å². The number of carbonyl (C=O) groups is 1. The lowest BCUT2D eigenvalue weighted by Gasteiger charge is -2.16. The fourth-order valence-electron chi connectivity index (χ4n) is 3.50. The highest BCUT2D eigenvalue weighted by Crippen LogP contribution is 2.51. The summed E-state index contributed by atoms with van der Waals surface area (Å²) in [5.74, 6) is 0.649. The molecule has 0 unspecified atom stereocenters. The standard InChI is InChI=1S/C24H23N5O2S2/c1-5-11-29-22(30)21(23-28(3)19-13-16(31-4)8-10-20(19)32-23)33-24(29)27-18-12-15(14-25)7-9-17(18)26-6-2/h5,7-10,12-13,26H,1,6,11H2,2-4H3/b23-21+,27-24?. The molecule has 1 amide bonds. The molecule has 0 aliphatic carbocycles. The molecule has 0 radical (unpaired) electrons. The summed E-state index contributed by atoms with van der Waals surface area (Å²) < 4.78 is 5.36. The Hall–Kier alpha value is -3.35. The van der Waals surface area contributed by atoms with Gasteiger partial charge in [-0.25, -0.2) is 4.99 Å². The first-order valence-electron chi connectivity index (χ1n) is 10.3. The number of fused-ring (bicyclic) bond motifs is 1. The maximum atomic E-state index is 13.4. The molecule has 168 valence electrons. The first kappa shape index (κ1) is 22.8. The first-order valence-corrected chi connectivity index (χ1v) is 11.9. The quantitative estimate of drug-likeness (QED) is 0.455. The number of aliphatic imine (C=N–C) groups is 1. The zero-order valence-corrected chi connectivity index (χ0v) is 20.2. The van der Waals surface area contributed by atoms with E-state index in [0.29, 0.717) is 34.4 Å². The molecule has 1 N–H and O–H groups in total. The second kappa shape index (κ2) is 9.65. The topological polar surface area (TPSA) is 81.0 Å². The zero-order valence-electron chi connectivity index (χ0n) is 18.6. The minimum atomic E-state index is -0.116. The van der Waals surface area contributed by atoms with E-state index >= 15 is 0 Å². The van der Waals surface area contributed by atoms with Gasteiger partial charge in [-0.15, -0.1) is 6.58 Å². The van der Waals surface area contributed by atoms with Gasteiger partial charge >= 0.3 is 0 Å². The number of hydrogen-bond acceptors (Lipinski definition) is 8. The lowest BCUT2D eigenvalue weighted by atomic mass is 10.2. The average molecular weight is 478 g/mol. The van der Waals surface area contributed by atoms with Crippen LogP contribution in [0.5, 0.6) is 5.75 Å². The Balaban J connectivity index is 1.76. The molecule has 7 nitrogen and oxygen atoms in total. The maximum absolute atomic E-state index is 13.4. The number of amides is 1. The van der Waals surface area contributed by atoms with E-state index in [0.717, 1.165) is 27.0 Å². The van der Waals surface area contributed by atoms with Crippen LogP contribution in [0.1, 0.15) is 12.5 Å². The molecular formula is C24H23N5O2S2. The molecule has 33 heavy (non-hydrogen) atoms. The predicted molar refractivity (Wildman–Crippen MR) is 136 cm³/mol. The van der Waals surface area contributed by atoms with Crippen LogP contribution in [0.25, 0.3) is 0 Å². The fraction of sp³-hybridized carbons (Fsp3) is 0.208. The molecule has 0 aromatic heterocycles. The lowest BCUT2D eigenvalue weighted by Crippen LogP contribution is -2.29. The van der Waals surface area contributed by atoms with E-state index in [4.69, 9.17) is 9.73 Å². The van der Waals surface area contributed by atoms with Crippen LogP contribution in [-0.4, -0.2) is 43.2 Å². The van der Waals surface area contributed by atoms with Crippen molar-refractivity contribution in [1.29, 1.82) is 5.26 Å². The SMILES string of the molecule is C=CCN1C(=O)/C(=C2\Sc3ccc(OC)cc3N2C)SC1=Nc1cc(C#N)ccc1NCC. The van der Waals surface area contributed by atoms with E-state index < -0.39 is 0 Å². The average Bonchev–Trinajstić information content (AvgIpc) is 3.31. The summed E-state index contributed by atoms with van der Waals surface area (Å²) in [4.78, 5) is 23.5.